The van der Waals surface area contributed by atoms with Gasteiger partial charge in [0.15, 0.2) is 5.82 Å². The van der Waals surface area contributed by atoms with E-state index in [4.69, 9.17) is 9.78 Å². The zero-order valence-electron chi connectivity index (χ0n) is 15.3. The molecule has 142 valence electrons. The molecular formula is C20H22F2N4O. The minimum atomic E-state index is -3.10. The number of nitriles is 1. The third-order valence-corrected chi connectivity index (χ3v) is 6.34. The summed E-state index contributed by atoms with van der Waals surface area (Å²) in [7, 11) is 0. The van der Waals surface area contributed by atoms with Crippen LogP contribution in [0.25, 0.3) is 0 Å². The molecule has 5 nitrogen and oxygen atoms in total. The fraction of sp³-hybridized carbons (Fsp3) is 0.550. The fourth-order valence-corrected chi connectivity index (χ4v) is 4.47. The SMILES string of the molecule is CC(F)(F)c1nc(C23CCC(CNc4cccc(C#N)c4)(CC2)CC3)no1. The third-order valence-electron chi connectivity index (χ3n) is 6.34. The topological polar surface area (TPSA) is 74.7 Å². The second-order valence-electron chi connectivity index (χ2n) is 8.14. The number of nitrogens with one attached hydrogen (secondary N) is 1. The van der Waals surface area contributed by atoms with Gasteiger partial charge in [0.05, 0.1) is 11.6 Å². The maximum Gasteiger partial charge on any atom is 0.322 e. The maximum absolute atomic E-state index is 13.4. The van der Waals surface area contributed by atoms with Crippen LogP contribution in [0.3, 0.4) is 0 Å². The van der Waals surface area contributed by atoms with Gasteiger partial charge in [0.1, 0.15) is 0 Å². The summed E-state index contributed by atoms with van der Waals surface area (Å²) < 4.78 is 31.7. The maximum atomic E-state index is 13.4. The molecular weight excluding hydrogens is 350 g/mol. The Morgan fingerprint density at radius 3 is 2.52 bits per heavy atom. The molecule has 3 aliphatic rings. The van der Waals surface area contributed by atoms with Crippen LogP contribution in [0.15, 0.2) is 28.8 Å². The second-order valence-corrected chi connectivity index (χ2v) is 8.14. The molecule has 0 amide bonds. The predicted octanol–water partition coefficient (Wildman–Crippen LogP) is 4.76. The van der Waals surface area contributed by atoms with Crippen molar-refractivity contribution in [1.29, 1.82) is 5.26 Å². The lowest BCUT2D eigenvalue weighted by molar-refractivity contribution is -0.0158. The second kappa shape index (κ2) is 6.29. The van der Waals surface area contributed by atoms with E-state index in [1.54, 1.807) is 6.07 Å². The van der Waals surface area contributed by atoms with Gasteiger partial charge in [-0.05, 0) is 62.1 Å². The Labute approximate surface area is 156 Å². The number of alkyl halides is 2. The van der Waals surface area contributed by atoms with Crippen molar-refractivity contribution in [2.24, 2.45) is 5.41 Å². The van der Waals surface area contributed by atoms with Gasteiger partial charge in [0.25, 0.3) is 5.89 Å². The minimum absolute atomic E-state index is 0.200. The number of nitrogens with zero attached hydrogens (tertiary/aromatic N) is 3. The zero-order valence-corrected chi connectivity index (χ0v) is 15.3. The largest absolute Gasteiger partial charge is 0.384 e. The summed E-state index contributed by atoms with van der Waals surface area (Å²) in [5, 5.41) is 16.4. The Kier molecular flexibility index (Phi) is 4.17. The van der Waals surface area contributed by atoms with Crippen LogP contribution in [-0.4, -0.2) is 16.7 Å². The van der Waals surface area contributed by atoms with Crippen LogP contribution in [-0.2, 0) is 11.3 Å². The predicted molar refractivity (Wildman–Crippen MR) is 95.3 cm³/mol. The average molecular weight is 372 g/mol. The molecule has 1 heterocycles. The van der Waals surface area contributed by atoms with Crippen molar-refractivity contribution in [3.8, 4) is 6.07 Å². The molecule has 0 aliphatic heterocycles. The van der Waals surface area contributed by atoms with Crippen molar-refractivity contribution in [3.63, 3.8) is 0 Å². The lowest BCUT2D eigenvalue weighted by atomic mass is 9.53. The Morgan fingerprint density at radius 1 is 1.22 bits per heavy atom. The minimum Gasteiger partial charge on any atom is -0.384 e. The molecule has 1 N–H and O–H groups in total. The Morgan fingerprint density at radius 2 is 1.93 bits per heavy atom. The van der Waals surface area contributed by atoms with E-state index in [2.05, 4.69) is 21.5 Å². The zero-order chi connectivity index (χ0) is 19.1. The number of aromatic nitrogens is 2. The van der Waals surface area contributed by atoms with Gasteiger partial charge < -0.3 is 9.84 Å². The van der Waals surface area contributed by atoms with E-state index in [9.17, 15) is 8.78 Å². The van der Waals surface area contributed by atoms with Gasteiger partial charge in [-0.15, -0.1) is 0 Å². The molecule has 0 atom stereocenters. The van der Waals surface area contributed by atoms with Crippen molar-refractivity contribution >= 4 is 5.69 Å². The van der Waals surface area contributed by atoms with Crippen molar-refractivity contribution in [1.82, 2.24) is 10.1 Å². The smallest absolute Gasteiger partial charge is 0.322 e. The first kappa shape index (κ1) is 17.9. The van der Waals surface area contributed by atoms with Crippen LogP contribution in [0, 0.1) is 16.7 Å². The first-order valence-corrected chi connectivity index (χ1v) is 9.31. The van der Waals surface area contributed by atoms with Gasteiger partial charge in [-0.3, -0.25) is 0 Å². The van der Waals surface area contributed by atoms with Crippen LogP contribution < -0.4 is 5.32 Å². The lowest BCUT2D eigenvalue weighted by Gasteiger charge is -2.52. The number of hydrogen-bond acceptors (Lipinski definition) is 5. The molecule has 2 aromatic rings. The van der Waals surface area contributed by atoms with Crippen LogP contribution >= 0.6 is 0 Å². The van der Waals surface area contributed by atoms with E-state index in [1.165, 1.54) is 0 Å². The van der Waals surface area contributed by atoms with Crippen molar-refractivity contribution in [2.45, 2.75) is 56.8 Å². The number of halogens is 2. The van der Waals surface area contributed by atoms with Gasteiger partial charge in [0, 0.05) is 24.6 Å². The van der Waals surface area contributed by atoms with Crippen LogP contribution in [0.4, 0.5) is 14.5 Å². The molecule has 1 aromatic heterocycles. The number of fused-ring (bicyclic) bond motifs is 3. The van der Waals surface area contributed by atoms with E-state index in [0.717, 1.165) is 57.7 Å². The molecule has 7 heteroatoms. The van der Waals surface area contributed by atoms with Gasteiger partial charge in [-0.2, -0.15) is 19.0 Å². The number of hydrogen-bond donors (Lipinski definition) is 1. The molecule has 3 saturated carbocycles. The molecule has 3 aliphatic carbocycles. The van der Waals surface area contributed by atoms with Crippen molar-refractivity contribution in [3.05, 3.63) is 41.5 Å². The molecule has 3 fully saturated rings. The highest BCUT2D eigenvalue weighted by atomic mass is 19.3. The summed E-state index contributed by atoms with van der Waals surface area (Å²) in [4.78, 5) is 4.03. The summed E-state index contributed by atoms with van der Waals surface area (Å²) in [6, 6.07) is 9.65. The molecule has 0 radical (unpaired) electrons. The molecule has 0 saturated heterocycles. The number of benzene rings is 1. The van der Waals surface area contributed by atoms with Gasteiger partial charge >= 0.3 is 5.92 Å². The Balaban J connectivity index is 1.43. The third kappa shape index (κ3) is 3.29. The van der Waals surface area contributed by atoms with E-state index in [1.807, 2.05) is 18.2 Å². The van der Waals surface area contributed by atoms with E-state index in [0.29, 0.717) is 11.4 Å². The fourth-order valence-electron chi connectivity index (χ4n) is 4.47. The van der Waals surface area contributed by atoms with Crippen LogP contribution in [0.2, 0.25) is 0 Å². The van der Waals surface area contributed by atoms with E-state index >= 15 is 0 Å². The van der Waals surface area contributed by atoms with E-state index in [-0.39, 0.29) is 10.8 Å². The Bertz CT molecular complexity index is 856. The van der Waals surface area contributed by atoms with Crippen molar-refractivity contribution in [2.75, 3.05) is 11.9 Å². The molecule has 5 rings (SSSR count). The summed E-state index contributed by atoms with van der Waals surface area (Å²) in [5.74, 6) is -3.24. The van der Waals surface area contributed by atoms with Crippen LogP contribution in [0.5, 0.6) is 0 Å². The highest BCUT2D eigenvalue weighted by molar-refractivity contribution is 5.49. The van der Waals surface area contributed by atoms with Gasteiger partial charge in [-0.25, -0.2) is 0 Å². The normalized spacial score (nSPS) is 27.3. The first-order valence-electron chi connectivity index (χ1n) is 9.31. The van der Waals surface area contributed by atoms with Crippen LogP contribution in [0.1, 0.15) is 62.7 Å². The molecule has 27 heavy (non-hydrogen) atoms. The van der Waals surface area contributed by atoms with Gasteiger partial charge in [0.2, 0.25) is 0 Å². The summed E-state index contributed by atoms with van der Waals surface area (Å²) in [6.45, 7) is 1.63. The summed E-state index contributed by atoms with van der Waals surface area (Å²) >= 11 is 0. The molecule has 0 spiro atoms. The quantitative estimate of drug-likeness (QED) is 0.819. The standard InChI is InChI=1S/C20H22F2N4O/c1-18(21,22)17-25-16(26-27-17)20-8-5-19(6-9-20,7-10-20)13-24-15-4-2-3-14(11-15)12-23/h2-4,11,24H,5-10,13H2,1H3. The monoisotopic (exact) mass is 372 g/mol. The van der Waals surface area contributed by atoms with Gasteiger partial charge in [-0.1, -0.05) is 11.2 Å². The first-order chi connectivity index (χ1) is 12.8. The highest BCUT2D eigenvalue weighted by Crippen LogP contribution is 2.57. The molecule has 0 unspecified atom stereocenters. The summed E-state index contributed by atoms with van der Waals surface area (Å²) in [6.07, 6.45) is 5.68. The van der Waals surface area contributed by atoms with E-state index < -0.39 is 11.8 Å². The molecule has 1 aromatic carbocycles. The molecule has 2 bridgehead atoms. The lowest BCUT2D eigenvalue weighted by Crippen LogP contribution is -2.47. The summed E-state index contributed by atoms with van der Waals surface area (Å²) in [5.41, 5.74) is 1.57. The average Bonchev–Trinajstić information content (AvgIpc) is 3.20. The number of rotatable bonds is 5. The van der Waals surface area contributed by atoms with Crippen molar-refractivity contribution < 1.29 is 13.3 Å². The highest BCUT2D eigenvalue weighted by Gasteiger charge is 2.52. The Hall–Kier alpha value is -2.49. The number of anilines is 1.